The molecule has 5 heteroatoms. The maximum Gasteiger partial charge on any atom is 0.226 e. The van der Waals surface area contributed by atoms with Gasteiger partial charge in [-0.05, 0) is 42.8 Å². The standard InChI is InChI=1S/C17H20FN3O/c1-11(2)17(22)21-16-6-4-15(5-7-16)20-12(3)13-8-14(18)10-19-9-13/h4-12,20H,1-3H3,(H,21,22)/t12-/m1/s1. The van der Waals surface area contributed by atoms with Crippen LogP contribution in [-0.4, -0.2) is 10.9 Å². The summed E-state index contributed by atoms with van der Waals surface area (Å²) in [5.41, 5.74) is 2.42. The Hall–Kier alpha value is -2.43. The molecule has 0 radical (unpaired) electrons. The van der Waals surface area contributed by atoms with Crippen LogP contribution in [0.25, 0.3) is 0 Å². The minimum absolute atomic E-state index is 0.0140. The summed E-state index contributed by atoms with van der Waals surface area (Å²) in [6, 6.07) is 8.80. The van der Waals surface area contributed by atoms with Crippen LogP contribution in [0.5, 0.6) is 0 Å². The minimum atomic E-state index is -0.349. The van der Waals surface area contributed by atoms with Crippen molar-refractivity contribution < 1.29 is 9.18 Å². The van der Waals surface area contributed by atoms with E-state index in [1.165, 1.54) is 12.3 Å². The number of nitrogens with one attached hydrogen (secondary N) is 2. The van der Waals surface area contributed by atoms with Gasteiger partial charge < -0.3 is 10.6 Å². The van der Waals surface area contributed by atoms with Crippen molar-refractivity contribution in [3.63, 3.8) is 0 Å². The van der Waals surface area contributed by atoms with Crippen LogP contribution < -0.4 is 10.6 Å². The Bertz CT molecular complexity index is 641. The first-order valence-electron chi connectivity index (χ1n) is 7.23. The molecule has 116 valence electrons. The first kappa shape index (κ1) is 15.9. The van der Waals surface area contributed by atoms with Crippen molar-refractivity contribution in [2.45, 2.75) is 26.8 Å². The number of hydrogen-bond donors (Lipinski definition) is 2. The number of aromatic nitrogens is 1. The summed E-state index contributed by atoms with van der Waals surface area (Å²) >= 11 is 0. The van der Waals surface area contributed by atoms with Gasteiger partial charge in [-0.2, -0.15) is 0 Å². The van der Waals surface area contributed by atoms with Gasteiger partial charge in [0.05, 0.1) is 12.2 Å². The summed E-state index contributed by atoms with van der Waals surface area (Å²) in [6.45, 7) is 5.63. The maximum absolute atomic E-state index is 13.2. The van der Waals surface area contributed by atoms with Crippen molar-refractivity contribution in [3.05, 3.63) is 54.1 Å². The molecule has 0 aliphatic heterocycles. The van der Waals surface area contributed by atoms with Gasteiger partial charge in [-0.1, -0.05) is 13.8 Å². The van der Waals surface area contributed by atoms with E-state index in [-0.39, 0.29) is 23.7 Å². The lowest BCUT2D eigenvalue weighted by Gasteiger charge is -2.16. The molecule has 0 fully saturated rings. The molecule has 2 aromatic rings. The Labute approximate surface area is 129 Å². The van der Waals surface area contributed by atoms with Gasteiger partial charge >= 0.3 is 0 Å². The molecule has 2 rings (SSSR count). The fourth-order valence-corrected chi connectivity index (χ4v) is 1.93. The van der Waals surface area contributed by atoms with E-state index >= 15 is 0 Å². The van der Waals surface area contributed by atoms with Crippen molar-refractivity contribution >= 4 is 17.3 Å². The second-order valence-corrected chi connectivity index (χ2v) is 5.52. The fraction of sp³-hybridized carbons (Fsp3) is 0.294. The van der Waals surface area contributed by atoms with Crippen LogP contribution >= 0.6 is 0 Å². The van der Waals surface area contributed by atoms with E-state index in [4.69, 9.17) is 0 Å². The van der Waals surface area contributed by atoms with Crippen LogP contribution in [0.3, 0.4) is 0 Å². The molecule has 1 atom stereocenters. The molecular weight excluding hydrogens is 281 g/mol. The van der Waals surface area contributed by atoms with Gasteiger partial charge in [0.2, 0.25) is 5.91 Å². The van der Waals surface area contributed by atoms with Gasteiger partial charge in [-0.15, -0.1) is 0 Å². The highest BCUT2D eigenvalue weighted by atomic mass is 19.1. The zero-order chi connectivity index (χ0) is 16.1. The molecule has 1 heterocycles. The number of amides is 1. The van der Waals surface area contributed by atoms with E-state index in [1.807, 2.05) is 45.0 Å². The van der Waals surface area contributed by atoms with E-state index < -0.39 is 0 Å². The van der Waals surface area contributed by atoms with E-state index in [2.05, 4.69) is 15.6 Å². The highest BCUT2D eigenvalue weighted by molar-refractivity contribution is 5.92. The average molecular weight is 301 g/mol. The first-order valence-corrected chi connectivity index (χ1v) is 7.23. The highest BCUT2D eigenvalue weighted by Gasteiger charge is 2.09. The number of halogens is 1. The van der Waals surface area contributed by atoms with Crippen molar-refractivity contribution in [2.24, 2.45) is 5.92 Å². The average Bonchev–Trinajstić information content (AvgIpc) is 2.49. The van der Waals surface area contributed by atoms with E-state index in [0.717, 1.165) is 16.9 Å². The summed E-state index contributed by atoms with van der Waals surface area (Å²) in [5.74, 6) is -0.420. The molecule has 0 spiro atoms. The third-order valence-electron chi connectivity index (χ3n) is 3.29. The van der Waals surface area contributed by atoms with E-state index in [1.54, 1.807) is 6.20 Å². The maximum atomic E-state index is 13.2. The van der Waals surface area contributed by atoms with Crippen molar-refractivity contribution in [1.82, 2.24) is 4.98 Å². The van der Waals surface area contributed by atoms with Gasteiger partial charge in [0.1, 0.15) is 5.82 Å². The molecule has 0 bridgehead atoms. The molecule has 2 N–H and O–H groups in total. The molecule has 1 aromatic carbocycles. The van der Waals surface area contributed by atoms with Crippen LogP contribution in [0.1, 0.15) is 32.4 Å². The number of hydrogen-bond acceptors (Lipinski definition) is 3. The quantitative estimate of drug-likeness (QED) is 0.878. The second kappa shape index (κ2) is 7.02. The number of nitrogens with zero attached hydrogens (tertiary/aromatic N) is 1. The summed E-state index contributed by atoms with van der Waals surface area (Å²) in [7, 11) is 0. The number of benzene rings is 1. The molecular formula is C17H20FN3O. The molecule has 1 amide bonds. The minimum Gasteiger partial charge on any atom is -0.378 e. The molecule has 0 aliphatic carbocycles. The van der Waals surface area contributed by atoms with Gasteiger partial charge in [-0.25, -0.2) is 4.39 Å². The highest BCUT2D eigenvalue weighted by Crippen LogP contribution is 2.21. The largest absolute Gasteiger partial charge is 0.378 e. The lowest BCUT2D eigenvalue weighted by Crippen LogP contribution is -2.17. The van der Waals surface area contributed by atoms with Crippen LogP contribution in [-0.2, 0) is 4.79 Å². The fourth-order valence-electron chi connectivity index (χ4n) is 1.93. The number of carbonyl (C=O) groups excluding carboxylic acids is 1. The summed E-state index contributed by atoms with van der Waals surface area (Å²) < 4.78 is 13.2. The summed E-state index contributed by atoms with van der Waals surface area (Å²) in [4.78, 5) is 15.5. The molecule has 0 unspecified atom stereocenters. The van der Waals surface area contributed by atoms with Crippen molar-refractivity contribution in [2.75, 3.05) is 10.6 Å². The Kier molecular flexibility index (Phi) is 5.09. The van der Waals surface area contributed by atoms with Crippen LogP contribution in [0.15, 0.2) is 42.7 Å². The number of anilines is 2. The Morgan fingerprint density at radius 1 is 1.09 bits per heavy atom. The molecule has 1 aromatic heterocycles. The second-order valence-electron chi connectivity index (χ2n) is 5.52. The predicted molar refractivity (Wildman–Crippen MR) is 86.1 cm³/mol. The van der Waals surface area contributed by atoms with Crippen LogP contribution in [0.2, 0.25) is 0 Å². The van der Waals surface area contributed by atoms with E-state index in [9.17, 15) is 9.18 Å². The third kappa shape index (κ3) is 4.28. The summed E-state index contributed by atoms with van der Waals surface area (Å²) in [5, 5.41) is 6.10. The van der Waals surface area contributed by atoms with Gasteiger partial charge in [-0.3, -0.25) is 9.78 Å². The number of carbonyl (C=O) groups is 1. The first-order chi connectivity index (χ1) is 10.5. The zero-order valence-electron chi connectivity index (χ0n) is 12.9. The van der Waals surface area contributed by atoms with Gasteiger partial charge in [0.15, 0.2) is 0 Å². The SMILES string of the molecule is CC(C)C(=O)Nc1ccc(N[C@H](C)c2cncc(F)c2)cc1. The lowest BCUT2D eigenvalue weighted by atomic mass is 10.1. The number of pyridine rings is 1. The Balaban J connectivity index is 2.00. The topological polar surface area (TPSA) is 54.0 Å². The van der Waals surface area contributed by atoms with Crippen LogP contribution in [0.4, 0.5) is 15.8 Å². The predicted octanol–water partition coefficient (Wildman–Crippen LogP) is 3.99. The van der Waals surface area contributed by atoms with Crippen LogP contribution in [0, 0.1) is 11.7 Å². The van der Waals surface area contributed by atoms with Gasteiger partial charge in [0, 0.05) is 23.5 Å². The molecule has 0 aliphatic rings. The third-order valence-corrected chi connectivity index (χ3v) is 3.29. The molecule has 22 heavy (non-hydrogen) atoms. The van der Waals surface area contributed by atoms with E-state index in [0.29, 0.717) is 0 Å². The monoisotopic (exact) mass is 301 g/mol. The molecule has 0 saturated carbocycles. The van der Waals surface area contributed by atoms with Crippen molar-refractivity contribution in [3.8, 4) is 0 Å². The summed E-state index contributed by atoms with van der Waals surface area (Å²) in [6.07, 6.45) is 2.82. The van der Waals surface area contributed by atoms with Gasteiger partial charge in [0.25, 0.3) is 0 Å². The lowest BCUT2D eigenvalue weighted by molar-refractivity contribution is -0.118. The smallest absolute Gasteiger partial charge is 0.226 e. The Morgan fingerprint density at radius 3 is 2.32 bits per heavy atom. The Morgan fingerprint density at radius 2 is 1.73 bits per heavy atom. The molecule has 0 saturated heterocycles. The molecule has 4 nitrogen and oxygen atoms in total. The normalized spacial score (nSPS) is 12.0. The zero-order valence-corrected chi connectivity index (χ0v) is 12.9. The van der Waals surface area contributed by atoms with Crippen molar-refractivity contribution in [1.29, 1.82) is 0 Å². The number of rotatable bonds is 5.